The molecular weight excluding hydrogens is 252 g/mol. The topological polar surface area (TPSA) is 71.2 Å². The average Bonchev–Trinajstić information content (AvgIpc) is 3.22. The molecule has 0 bridgehead atoms. The summed E-state index contributed by atoms with van der Waals surface area (Å²) in [7, 11) is 2.05. The van der Waals surface area contributed by atoms with Crippen molar-refractivity contribution >= 4 is 23.7 Å². The van der Waals surface area contributed by atoms with E-state index in [1.807, 2.05) is 7.05 Å². The molecule has 0 radical (unpaired) electrons. The molecule has 6 nitrogen and oxygen atoms in total. The predicted molar refractivity (Wildman–Crippen MR) is 68.1 cm³/mol. The molecule has 0 atom stereocenters. The number of hydrogen-bond acceptors (Lipinski definition) is 5. The van der Waals surface area contributed by atoms with Gasteiger partial charge in [-0.25, -0.2) is 0 Å². The van der Waals surface area contributed by atoms with E-state index in [1.54, 1.807) is 0 Å². The van der Waals surface area contributed by atoms with Crippen LogP contribution in [0.5, 0.6) is 0 Å². The Morgan fingerprint density at radius 2 is 2.17 bits per heavy atom. The largest absolute Gasteiger partial charge is 0.481 e. The van der Waals surface area contributed by atoms with Crippen molar-refractivity contribution in [2.24, 2.45) is 0 Å². The number of nitrogens with zero attached hydrogens (tertiary/aromatic N) is 4. The second kappa shape index (κ2) is 4.46. The number of anilines is 1. The Labute approximate surface area is 109 Å². The van der Waals surface area contributed by atoms with Gasteiger partial charge in [-0.1, -0.05) is 11.8 Å². The highest BCUT2D eigenvalue weighted by atomic mass is 32.2. The number of aromatic nitrogens is 3. The van der Waals surface area contributed by atoms with Gasteiger partial charge >= 0.3 is 5.97 Å². The van der Waals surface area contributed by atoms with Gasteiger partial charge in [0.2, 0.25) is 5.95 Å². The van der Waals surface area contributed by atoms with Gasteiger partial charge in [0.05, 0.1) is 5.75 Å². The van der Waals surface area contributed by atoms with Gasteiger partial charge in [0.15, 0.2) is 5.16 Å². The molecule has 3 rings (SSSR count). The van der Waals surface area contributed by atoms with Gasteiger partial charge in [0.25, 0.3) is 0 Å². The number of carboxylic acids is 1. The van der Waals surface area contributed by atoms with Crippen LogP contribution in [0.4, 0.5) is 5.95 Å². The van der Waals surface area contributed by atoms with Gasteiger partial charge in [0, 0.05) is 19.1 Å². The van der Waals surface area contributed by atoms with Gasteiger partial charge in [-0.05, 0) is 25.7 Å². The standard InChI is InChI=1S/C11H16N4O2S/c1-14(7-2-3-7)10-12-13-11(18-6-9(16)17)15(10)8-4-5-8/h7-8H,2-6H2,1H3,(H,16,17). The molecule has 1 aromatic rings. The summed E-state index contributed by atoms with van der Waals surface area (Å²) in [5, 5.41) is 17.9. The van der Waals surface area contributed by atoms with Crippen molar-refractivity contribution < 1.29 is 9.90 Å². The zero-order chi connectivity index (χ0) is 12.7. The molecule has 0 spiro atoms. The molecule has 1 heterocycles. The lowest BCUT2D eigenvalue weighted by molar-refractivity contribution is -0.133. The van der Waals surface area contributed by atoms with Crippen molar-refractivity contribution in [3.05, 3.63) is 0 Å². The van der Waals surface area contributed by atoms with Gasteiger partial charge in [-0.2, -0.15) is 0 Å². The molecule has 0 amide bonds. The summed E-state index contributed by atoms with van der Waals surface area (Å²) in [6.07, 6.45) is 4.71. The zero-order valence-corrected chi connectivity index (χ0v) is 11.1. The van der Waals surface area contributed by atoms with Gasteiger partial charge in [0.1, 0.15) is 0 Å². The first-order valence-electron chi connectivity index (χ1n) is 6.19. The molecular formula is C11H16N4O2S. The molecule has 98 valence electrons. The van der Waals surface area contributed by atoms with Gasteiger partial charge < -0.3 is 10.0 Å². The van der Waals surface area contributed by atoms with Crippen LogP contribution in [0.2, 0.25) is 0 Å². The van der Waals surface area contributed by atoms with E-state index in [2.05, 4.69) is 19.7 Å². The maximum Gasteiger partial charge on any atom is 0.313 e. The average molecular weight is 268 g/mol. The smallest absolute Gasteiger partial charge is 0.313 e. The predicted octanol–water partition coefficient (Wildman–Crippen LogP) is 1.39. The maximum absolute atomic E-state index is 10.6. The molecule has 1 N–H and O–H groups in total. The third-order valence-corrected chi connectivity index (χ3v) is 4.22. The Morgan fingerprint density at radius 3 is 2.72 bits per heavy atom. The summed E-state index contributed by atoms with van der Waals surface area (Å²) in [5.74, 6) is 0.119. The second-order valence-electron chi connectivity index (χ2n) is 4.91. The van der Waals surface area contributed by atoms with Crippen LogP contribution in [0.1, 0.15) is 31.7 Å². The fraction of sp³-hybridized carbons (Fsp3) is 0.727. The Kier molecular flexibility index (Phi) is 2.93. The van der Waals surface area contributed by atoms with Crippen LogP contribution in [0.15, 0.2) is 5.16 Å². The summed E-state index contributed by atoms with van der Waals surface area (Å²) in [6, 6.07) is 1.05. The third-order valence-electron chi connectivity index (χ3n) is 3.29. The zero-order valence-electron chi connectivity index (χ0n) is 10.2. The van der Waals surface area contributed by atoms with Gasteiger partial charge in [-0.15, -0.1) is 10.2 Å². The van der Waals surface area contributed by atoms with Gasteiger partial charge in [-0.3, -0.25) is 9.36 Å². The Morgan fingerprint density at radius 1 is 1.44 bits per heavy atom. The van der Waals surface area contributed by atoms with Crippen molar-refractivity contribution in [1.82, 2.24) is 14.8 Å². The molecule has 0 aliphatic heterocycles. The molecule has 0 saturated heterocycles. The van der Waals surface area contributed by atoms with Crippen LogP contribution in [0.25, 0.3) is 0 Å². The van der Waals surface area contributed by atoms with E-state index in [4.69, 9.17) is 5.11 Å². The fourth-order valence-corrected chi connectivity index (χ4v) is 2.73. The van der Waals surface area contributed by atoms with Crippen LogP contribution in [-0.2, 0) is 4.79 Å². The normalized spacial score (nSPS) is 18.9. The molecule has 2 fully saturated rings. The molecule has 2 aliphatic carbocycles. The molecule has 2 aliphatic rings. The number of aliphatic carboxylic acids is 1. The van der Waals surface area contributed by atoms with Crippen LogP contribution in [0.3, 0.4) is 0 Å². The van der Waals surface area contributed by atoms with E-state index in [9.17, 15) is 4.79 Å². The lowest BCUT2D eigenvalue weighted by Crippen LogP contribution is -2.23. The van der Waals surface area contributed by atoms with Crippen molar-refractivity contribution in [2.75, 3.05) is 17.7 Å². The maximum atomic E-state index is 10.6. The molecule has 18 heavy (non-hydrogen) atoms. The SMILES string of the molecule is CN(c1nnc(SCC(=O)O)n1C1CC1)C1CC1. The fourth-order valence-electron chi connectivity index (χ4n) is 2.01. The lowest BCUT2D eigenvalue weighted by atomic mass is 10.5. The Balaban J connectivity index is 1.82. The van der Waals surface area contributed by atoms with E-state index in [0.29, 0.717) is 12.1 Å². The minimum absolute atomic E-state index is 0.0397. The van der Waals surface area contributed by atoms with Crippen LogP contribution in [-0.4, -0.2) is 44.7 Å². The van der Waals surface area contributed by atoms with E-state index in [-0.39, 0.29) is 5.75 Å². The number of carboxylic acid groups (broad SMARTS) is 1. The van der Waals surface area contributed by atoms with E-state index in [1.165, 1.54) is 24.6 Å². The monoisotopic (exact) mass is 268 g/mol. The summed E-state index contributed by atoms with van der Waals surface area (Å²) in [4.78, 5) is 12.8. The summed E-state index contributed by atoms with van der Waals surface area (Å²) < 4.78 is 2.12. The van der Waals surface area contributed by atoms with Crippen molar-refractivity contribution in [3.8, 4) is 0 Å². The number of carbonyl (C=O) groups is 1. The first-order chi connectivity index (χ1) is 8.66. The highest BCUT2D eigenvalue weighted by Crippen LogP contribution is 2.42. The van der Waals surface area contributed by atoms with E-state index in [0.717, 1.165) is 23.9 Å². The number of hydrogen-bond donors (Lipinski definition) is 1. The molecule has 1 aromatic heterocycles. The molecule has 0 aromatic carbocycles. The van der Waals surface area contributed by atoms with Crippen LogP contribution < -0.4 is 4.90 Å². The number of thioether (sulfide) groups is 1. The summed E-state index contributed by atoms with van der Waals surface area (Å²) in [6.45, 7) is 0. The van der Waals surface area contributed by atoms with Crippen molar-refractivity contribution in [2.45, 2.75) is 42.9 Å². The highest BCUT2D eigenvalue weighted by Gasteiger charge is 2.35. The summed E-state index contributed by atoms with van der Waals surface area (Å²) in [5.41, 5.74) is 0. The van der Waals surface area contributed by atoms with Crippen molar-refractivity contribution in [3.63, 3.8) is 0 Å². The highest BCUT2D eigenvalue weighted by molar-refractivity contribution is 7.99. The quantitative estimate of drug-likeness (QED) is 0.786. The Hall–Kier alpha value is -1.24. The Bertz CT molecular complexity index is 468. The first-order valence-corrected chi connectivity index (χ1v) is 7.17. The second-order valence-corrected chi connectivity index (χ2v) is 5.85. The minimum atomic E-state index is -0.817. The minimum Gasteiger partial charge on any atom is -0.481 e. The van der Waals surface area contributed by atoms with E-state index >= 15 is 0 Å². The molecule has 2 saturated carbocycles. The van der Waals surface area contributed by atoms with Crippen LogP contribution in [0, 0.1) is 0 Å². The van der Waals surface area contributed by atoms with Crippen LogP contribution >= 0.6 is 11.8 Å². The molecule has 7 heteroatoms. The van der Waals surface area contributed by atoms with E-state index < -0.39 is 5.97 Å². The first kappa shape index (κ1) is 11.8. The lowest BCUT2D eigenvalue weighted by Gasteiger charge is -2.18. The third kappa shape index (κ3) is 2.31. The molecule has 0 unspecified atom stereocenters. The van der Waals surface area contributed by atoms with Crippen molar-refractivity contribution in [1.29, 1.82) is 0 Å². The summed E-state index contributed by atoms with van der Waals surface area (Å²) >= 11 is 1.26. The number of rotatable bonds is 6.